The van der Waals surface area contributed by atoms with Gasteiger partial charge in [-0.15, -0.1) is 0 Å². The topological polar surface area (TPSA) is 76.1 Å². The maximum absolute atomic E-state index is 12.1. The molecule has 1 unspecified atom stereocenters. The van der Waals surface area contributed by atoms with E-state index in [1.54, 1.807) is 11.0 Å². The van der Waals surface area contributed by atoms with Crippen LogP contribution in [0.2, 0.25) is 0 Å². The normalized spacial score (nSPS) is 18.4. The van der Waals surface area contributed by atoms with Crippen LogP contribution in [-0.4, -0.2) is 54.3 Å². The highest BCUT2D eigenvalue weighted by Gasteiger charge is 2.21. The Morgan fingerprint density at radius 3 is 2.90 bits per heavy atom. The Bertz CT molecular complexity index is 543. The molecule has 6 heteroatoms. The van der Waals surface area contributed by atoms with Gasteiger partial charge in [0.15, 0.2) is 6.61 Å². The van der Waals surface area contributed by atoms with Crippen molar-refractivity contribution in [3.63, 3.8) is 0 Å². The lowest BCUT2D eigenvalue weighted by Gasteiger charge is -2.31. The van der Waals surface area contributed by atoms with Crippen LogP contribution in [-0.2, 0) is 9.53 Å². The number of carbonyl (C=O) groups is 2. The molecule has 2 rings (SSSR count). The van der Waals surface area contributed by atoms with Gasteiger partial charge in [0.05, 0.1) is 18.3 Å². The number of hydrogen-bond donors (Lipinski definition) is 1. The van der Waals surface area contributed by atoms with E-state index in [2.05, 4.69) is 0 Å². The Morgan fingerprint density at radius 2 is 2.24 bits per heavy atom. The maximum Gasteiger partial charge on any atom is 0.335 e. The molecule has 0 radical (unpaired) electrons. The Morgan fingerprint density at radius 1 is 1.48 bits per heavy atom. The lowest BCUT2D eigenvalue weighted by molar-refractivity contribution is -0.140. The molecule has 0 spiro atoms. The molecule has 0 aromatic heterocycles. The third-order valence-electron chi connectivity index (χ3n) is 3.38. The number of aryl methyl sites for hydroxylation is 1. The van der Waals surface area contributed by atoms with Gasteiger partial charge in [-0.05, 0) is 31.5 Å². The van der Waals surface area contributed by atoms with Crippen molar-refractivity contribution in [2.24, 2.45) is 0 Å². The van der Waals surface area contributed by atoms with Crippen LogP contribution >= 0.6 is 0 Å². The third-order valence-corrected chi connectivity index (χ3v) is 3.38. The van der Waals surface area contributed by atoms with Crippen LogP contribution < -0.4 is 4.74 Å². The molecule has 0 aliphatic carbocycles. The van der Waals surface area contributed by atoms with Crippen molar-refractivity contribution >= 4 is 11.9 Å². The number of morpholine rings is 1. The zero-order valence-electron chi connectivity index (χ0n) is 12.2. The molecule has 21 heavy (non-hydrogen) atoms. The quantitative estimate of drug-likeness (QED) is 0.906. The van der Waals surface area contributed by atoms with E-state index in [-0.39, 0.29) is 24.2 Å². The van der Waals surface area contributed by atoms with Gasteiger partial charge in [0.2, 0.25) is 0 Å². The van der Waals surface area contributed by atoms with Crippen molar-refractivity contribution < 1.29 is 24.2 Å². The van der Waals surface area contributed by atoms with E-state index in [0.29, 0.717) is 25.4 Å². The Balaban J connectivity index is 1.97. The first-order valence-electron chi connectivity index (χ1n) is 6.83. The van der Waals surface area contributed by atoms with E-state index in [1.807, 2.05) is 13.8 Å². The van der Waals surface area contributed by atoms with Crippen molar-refractivity contribution in [3.05, 3.63) is 29.3 Å². The van der Waals surface area contributed by atoms with Gasteiger partial charge in [0, 0.05) is 13.1 Å². The summed E-state index contributed by atoms with van der Waals surface area (Å²) in [6, 6.07) is 4.61. The summed E-state index contributed by atoms with van der Waals surface area (Å²) in [5, 5.41) is 8.97. The number of aromatic carboxylic acids is 1. The molecule has 1 fully saturated rings. The minimum Gasteiger partial charge on any atom is -0.483 e. The van der Waals surface area contributed by atoms with Crippen LogP contribution in [0.1, 0.15) is 22.8 Å². The largest absolute Gasteiger partial charge is 0.483 e. The number of rotatable bonds is 4. The van der Waals surface area contributed by atoms with Crippen molar-refractivity contribution in [3.8, 4) is 5.75 Å². The molecule has 1 N–H and O–H groups in total. The predicted molar refractivity (Wildman–Crippen MR) is 75.6 cm³/mol. The number of ether oxygens (including phenoxy) is 2. The van der Waals surface area contributed by atoms with Gasteiger partial charge in [-0.3, -0.25) is 4.79 Å². The van der Waals surface area contributed by atoms with Crippen LogP contribution in [0.4, 0.5) is 0 Å². The van der Waals surface area contributed by atoms with Crippen LogP contribution in [0.5, 0.6) is 5.75 Å². The minimum atomic E-state index is -1.02. The molecule has 1 aromatic carbocycles. The van der Waals surface area contributed by atoms with E-state index < -0.39 is 5.97 Å². The summed E-state index contributed by atoms with van der Waals surface area (Å²) in [5.41, 5.74) is 0.936. The molecule has 6 nitrogen and oxygen atoms in total. The summed E-state index contributed by atoms with van der Waals surface area (Å²) < 4.78 is 10.9. The lowest BCUT2D eigenvalue weighted by Crippen LogP contribution is -2.46. The summed E-state index contributed by atoms with van der Waals surface area (Å²) >= 11 is 0. The van der Waals surface area contributed by atoms with Gasteiger partial charge in [0.25, 0.3) is 5.91 Å². The van der Waals surface area contributed by atoms with E-state index in [1.165, 1.54) is 12.1 Å². The van der Waals surface area contributed by atoms with E-state index in [4.69, 9.17) is 14.6 Å². The van der Waals surface area contributed by atoms with Crippen molar-refractivity contribution in [2.75, 3.05) is 26.3 Å². The van der Waals surface area contributed by atoms with Crippen LogP contribution in [0.15, 0.2) is 18.2 Å². The van der Waals surface area contributed by atoms with E-state index in [0.717, 1.165) is 5.56 Å². The molecule has 1 saturated heterocycles. The molecule has 0 saturated carbocycles. The summed E-state index contributed by atoms with van der Waals surface area (Å²) in [6.07, 6.45) is 0.0276. The summed E-state index contributed by atoms with van der Waals surface area (Å²) in [7, 11) is 0. The van der Waals surface area contributed by atoms with Crippen molar-refractivity contribution in [1.82, 2.24) is 4.90 Å². The number of carboxylic acids is 1. The molecular formula is C15H19NO5. The highest BCUT2D eigenvalue weighted by molar-refractivity contribution is 5.88. The Kier molecular flexibility index (Phi) is 4.80. The first kappa shape index (κ1) is 15.3. The Labute approximate surface area is 123 Å². The fourth-order valence-electron chi connectivity index (χ4n) is 2.16. The van der Waals surface area contributed by atoms with Gasteiger partial charge in [-0.1, -0.05) is 6.07 Å². The number of hydrogen-bond acceptors (Lipinski definition) is 4. The van der Waals surface area contributed by atoms with E-state index >= 15 is 0 Å². The monoisotopic (exact) mass is 293 g/mol. The smallest absolute Gasteiger partial charge is 0.335 e. The van der Waals surface area contributed by atoms with Crippen LogP contribution in [0, 0.1) is 6.92 Å². The molecule has 1 heterocycles. The summed E-state index contributed by atoms with van der Waals surface area (Å²) in [4.78, 5) is 24.7. The summed E-state index contributed by atoms with van der Waals surface area (Å²) in [5.74, 6) is -0.719. The highest BCUT2D eigenvalue weighted by atomic mass is 16.5. The number of carbonyl (C=O) groups excluding carboxylic acids is 1. The van der Waals surface area contributed by atoms with Crippen molar-refractivity contribution in [2.45, 2.75) is 20.0 Å². The van der Waals surface area contributed by atoms with Crippen LogP contribution in [0.3, 0.4) is 0 Å². The Hall–Kier alpha value is -2.08. The fourth-order valence-corrected chi connectivity index (χ4v) is 2.16. The fraction of sp³-hybridized carbons (Fsp3) is 0.467. The van der Waals surface area contributed by atoms with Gasteiger partial charge >= 0.3 is 5.97 Å². The van der Waals surface area contributed by atoms with Gasteiger partial charge in [-0.2, -0.15) is 0 Å². The highest BCUT2D eigenvalue weighted by Crippen LogP contribution is 2.20. The zero-order valence-corrected chi connectivity index (χ0v) is 12.2. The lowest BCUT2D eigenvalue weighted by atomic mass is 10.1. The average Bonchev–Trinajstić information content (AvgIpc) is 2.45. The molecule has 1 aromatic rings. The standard InChI is InChI=1S/C15H19NO5/c1-10-3-4-12(15(18)19)7-13(10)21-9-14(17)16-5-6-20-11(2)8-16/h3-4,7,11H,5-6,8-9H2,1-2H3,(H,18,19). The number of amides is 1. The molecule has 114 valence electrons. The SMILES string of the molecule is Cc1ccc(C(=O)O)cc1OCC(=O)N1CCOC(C)C1. The maximum atomic E-state index is 12.1. The second-order valence-corrected chi connectivity index (χ2v) is 5.10. The molecule has 1 atom stereocenters. The third kappa shape index (κ3) is 3.95. The number of carboxylic acid groups (broad SMARTS) is 1. The van der Waals surface area contributed by atoms with Gasteiger partial charge < -0.3 is 19.5 Å². The summed E-state index contributed by atoms with van der Waals surface area (Å²) in [6.45, 7) is 5.26. The minimum absolute atomic E-state index is 0.0276. The van der Waals surface area contributed by atoms with Gasteiger partial charge in [-0.25, -0.2) is 4.79 Å². The second kappa shape index (κ2) is 6.58. The molecule has 0 bridgehead atoms. The second-order valence-electron chi connectivity index (χ2n) is 5.10. The first-order chi connectivity index (χ1) is 9.97. The first-order valence-corrected chi connectivity index (χ1v) is 6.83. The predicted octanol–water partition coefficient (Wildman–Crippen LogP) is 1.32. The molecule has 1 aliphatic heterocycles. The average molecular weight is 293 g/mol. The van der Waals surface area contributed by atoms with Gasteiger partial charge in [0.1, 0.15) is 5.75 Å². The molecular weight excluding hydrogens is 274 g/mol. The zero-order chi connectivity index (χ0) is 15.4. The van der Waals surface area contributed by atoms with E-state index in [9.17, 15) is 9.59 Å². The molecule has 1 aliphatic rings. The number of benzene rings is 1. The van der Waals surface area contributed by atoms with Crippen LogP contribution in [0.25, 0.3) is 0 Å². The number of nitrogens with zero attached hydrogens (tertiary/aromatic N) is 1. The van der Waals surface area contributed by atoms with Crippen molar-refractivity contribution in [1.29, 1.82) is 0 Å². The molecule has 1 amide bonds.